The fourth-order valence-corrected chi connectivity index (χ4v) is 5.20. The Bertz CT molecular complexity index is 1480. The second kappa shape index (κ2) is 17.7. The van der Waals surface area contributed by atoms with Crippen molar-refractivity contribution in [2.45, 2.75) is 78.2 Å². The second-order valence-electron chi connectivity index (χ2n) is 13.1. The minimum atomic E-state index is -1.11. The summed E-state index contributed by atoms with van der Waals surface area (Å²) in [6.07, 6.45) is 0.0455. The minimum Gasteiger partial charge on any atom is -0.493 e. The molecule has 0 heterocycles. The Hall–Kier alpha value is -4.09. The van der Waals surface area contributed by atoms with Crippen molar-refractivity contribution in [3.05, 3.63) is 80.1 Å². The van der Waals surface area contributed by atoms with Gasteiger partial charge in [-0.1, -0.05) is 50.2 Å². The van der Waals surface area contributed by atoms with Gasteiger partial charge in [0.15, 0.2) is 11.5 Å². The Morgan fingerprint density at radius 2 is 1.57 bits per heavy atom. The maximum atomic E-state index is 12.9. The van der Waals surface area contributed by atoms with E-state index in [-0.39, 0.29) is 29.8 Å². The van der Waals surface area contributed by atoms with Gasteiger partial charge in [-0.3, -0.25) is 9.59 Å². The molecule has 3 atom stereocenters. The van der Waals surface area contributed by atoms with Crippen LogP contribution in [0.2, 0.25) is 0 Å². The van der Waals surface area contributed by atoms with Crippen LogP contribution in [-0.4, -0.2) is 62.9 Å². The molecule has 0 fully saturated rings. The number of hydrogen-bond acceptors (Lipinski definition) is 10. The summed E-state index contributed by atoms with van der Waals surface area (Å²) in [5.74, 6) is 1.50. The molecule has 0 unspecified atom stereocenters. The summed E-state index contributed by atoms with van der Waals surface area (Å²) in [5, 5.41) is 20.2. The molecule has 0 radical (unpaired) electrons. The Labute approximate surface area is 277 Å². The van der Waals surface area contributed by atoms with Gasteiger partial charge in [0.25, 0.3) is 10.9 Å². The van der Waals surface area contributed by atoms with Gasteiger partial charge in [0.2, 0.25) is 0 Å². The summed E-state index contributed by atoms with van der Waals surface area (Å²) in [4.78, 5) is 37.7. The van der Waals surface area contributed by atoms with Crippen molar-refractivity contribution in [2.75, 3.05) is 44.6 Å². The molecule has 11 heteroatoms. The molecule has 1 amide bonds. The van der Waals surface area contributed by atoms with Crippen LogP contribution < -0.4 is 36.3 Å². The third kappa shape index (κ3) is 11.6. The first-order valence-corrected chi connectivity index (χ1v) is 16.1. The number of alkyl carbamates (subject to hydrolysis) is 1. The summed E-state index contributed by atoms with van der Waals surface area (Å²) in [6.45, 7) is 10.9. The zero-order valence-corrected chi connectivity index (χ0v) is 28.7. The van der Waals surface area contributed by atoms with Crippen molar-refractivity contribution >= 4 is 17.5 Å². The zero-order valence-electron chi connectivity index (χ0n) is 28.7. The van der Waals surface area contributed by atoms with Gasteiger partial charge in [-0.25, -0.2) is 4.79 Å². The first-order chi connectivity index (χ1) is 22.3. The van der Waals surface area contributed by atoms with E-state index < -0.39 is 34.7 Å². The van der Waals surface area contributed by atoms with E-state index in [1.54, 1.807) is 35.0 Å². The summed E-state index contributed by atoms with van der Waals surface area (Å²) in [6, 6.07) is 14.6. The van der Waals surface area contributed by atoms with Gasteiger partial charge in [0, 0.05) is 33.2 Å². The predicted molar refractivity (Wildman–Crippen MR) is 184 cm³/mol. The first kappa shape index (κ1) is 37.4. The van der Waals surface area contributed by atoms with Gasteiger partial charge in [-0.05, 0) is 68.7 Å². The van der Waals surface area contributed by atoms with Crippen LogP contribution >= 0.6 is 0 Å². The van der Waals surface area contributed by atoms with Crippen molar-refractivity contribution < 1.29 is 28.8 Å². The van der Waals surface area contributed by atoms with E-state index in [4.69, 9.17) is 18.9 Å². The van der Waals surface area contributed by atoms with E-state index in [2.05, 4.69) is 29.8 Å². The molecule has 3 aromatic rings. The topological polar surface area (TPSA) is 144 Å². The summed E-state index contributed by atoms with van der Waals surface area (Å²) in [5.41, 5.74) is 0.287. The highest BCUT2D eigenvalue weighted by atomic mass is 16.6. The molecule has 0 aliphatic rings. The number of carbonyl (C=O) groups is 1. The molecule has 11 nitrogen and oxygen atoms in total. The smallest absolute Gasteiger partial charge is 0.407 e. The Balaban J connectivity index is 1.76. The number of anilines is 2. The van der Waals surface area contributed by atoms with E-state index in [0.29, 0.717) is 44.1 Å². The van der Waals surface area contributed by atoms with Crippen molar-refractivity contribution in [2.24, 2.45) is 11.8 Å². The average molecular weight is 654 g/mol. The van der Waals surface area contributed by atoms with E-state index in [9.17, 15) is 19.5 Å². The van der Waals surface area contributed by atoms with Crippen LogP contribution in [0.5, 0.6) is 11.5 Å². The molecule has 3 aromatic carbocycles. The van der Waals surface area contributed by atoms with Gasteiger partial charge in [-0.15, -0.1) is 0 Å². The third-order valence-corrected chi connectivity index (χ3v) is 7.85. The number of hydrogen-bond donors (Lipinski definition) is 4. The molecule has 0 aromatic heterocycles. The highest BCUT2D eigenvalue weighted by molar-refractivity contribution is 5.74. The SMILES string of the molecule is COCCCOc1cc(C[C@@H](C[C@H](NC(=O)OC(C)(C)C)[C@@H](O)CNc2c(NCc3ccccc3)c(=O)c2=O)C(C)C)ccc1OC. The Morgan fingerprint density at radius 3 is 2.19 bits per heavy atom. The number of ether oxygens (including phenoxy) is 4. The molecule has 0 aliphatic carbocycles. The summed E-state index contributed by atoms with van der Waals surface area (Å²) >= 11 is 0. The number of aliphatic hydroxyl groups excluding tert-OH is 1. The highest BCUT2D eigenvalue weighted by Gasteiger charge is 2.30. The highest BCUT2D eigenvalue weighted by Crippen LogP contribution is 2.31. The van der Waals surface area contributed by atoms with Crippen LogP contribution in [0.3, 0.4) is 0 Å². The number of benzene rings is 2. The number of carbonyl (C=O) groups excluding carboxylic acids is 1. The van der Waals surface area contributed by atoms with E-state index >= 15 is 0 Å². The average Bonchev–Trinajstić information content (AvgIpc) is 3.02. The quantitative estimate of drug-likeness (QED) is 0.104. The summed E-state index contributed by atoms with van der Waals surface area (Å²) < 4.78 is 22.1. The minimum absolute atomic E-state index is 0.0357. The number of nitrogens with one attached hydrogen (secondary N) is 3. The lowest BCUT2D eigenvalue weighted by atomic mass is 9.83. The summed E-state index contributed by atoms with van der Waals surface area (Å²) in [7, 11) is 3.25. The number of rotatable bonds is 19. The molecule has 0 spiro atoms. The number of methoxy groups -OCH3 is 2. The molecule has 0 saturated carbocycles. The first-order valence-electron chi connectivity index (χ1n) is 16.1. The van der Waals surface area contributed by atoms with Crippen LogP contribution in [0.15, 0.2) is 58.1 Å². The van der Waals surface area contributed by atoms with Crippen molar-refractivity contribution in [3.8, 4) is 11.5 Å². The van der Waals surface area contributed by atoms with Crippen LogP contribution in [0.25, 0.3) is 0 Å². The zero-order chi connectivity index (χ0) is 34.6. The molecule has 0 saturated heterocycles. The molecule has 0 aliphatic heterocycles. The van der Waals surface area contributed by atoms with Crippen LogP contribution in [-0.2, 0) is 22.4 Å². The van der Waals surface area contributed by atoms with E-state index in [1.807, 2.05) is 48.5 Å². The van der Waals surface area contributed by atoms with Gasteiger partial charge < -0.3 is 40.0 Å². The Kier molecular flexibility index (Phi) is 14.1. The van der Waals surface area contributed by atoms with Gasteiger partial charge in [0.1, 0.15) is 17.0 Å². The largest absolute Gasteiger partial charge is 0.493 e. The van der Waals surface area contributed by atoms with Crippen molar-refractivity contribution in [1.29, 1.82) is 0 Å². The van der Waals surface area contributed by atoms with Crippen molar-refractivity contribution in [1.82, 2.24) is 5.32 Å². The van der Waals surface area contributed by atoms with Gasteiger partial charge >= 0.3 is 6.09 Å². The normalized spacial score (nSPS) is 13.6. The molecule has 47 heavy (non-hydrogen) atoms. The molecular weight excluding hydrogens is 602 g/mol. The standard InChI is InChI=1S/C36H51N3O8/c1-23(2)26(18-25-14-15-29(45-7)30(19-25)46-17-11-16-44-6)20-27(39-35(43)47-36(3,4)5)28(40)22-38-32-31(33(41)34(32)42)37-21-24-12-9-8-10-13-24/h8-10,12-15,19,23,26-28,37-38,40H,11,16-18,20-22H2,1-7H3,(H,39,43)/t26-,27-,28-/m0/s1. The predicted octanol–water partition coefficient (Wildman–Crippen LogP) is 4.89. The van der Waals surface area contributed by atoms with E-state index in [0.717, 1.165) is 17.5 Å². The maximum Gasteiger partial charge on any atom is 0.407 e. The fourth-order valence-electron chi connectivity index (χ4n) is 5.20. The van der Waals surface area contributed by atoms with Crippen molar-refractivity contribution in [3.63, 3.8) is 0 Å². The van der Waals surface area contributed by atoms with Crippen LogP contribution in [0.4, 0.5) is 16.2 Å². The number of amides is 1. The Morgan fingerprint density at radius 1 is 0.894 bits per heavy atom. The molecule has 0 bridgehead atoms. The van der Waals surface area contributed by atoms with Gasteiger partial charge in [0.05, 0.1) is 25.9 Å². The fraction of sp³-hybridized carbons (Fsp3) is 0.528. The number of aliphatic hydroxyl groups is 1. The molecular formula is C36H51N3O8. The van der Waals surface area contributed by atoms with Crippen LogP contribution in [0.1, 0.15) is 58.6 Å². The third-order valence-electron chi connectivity index (χ3n) is 7.85. The second-order valence-corrected chi connectivity index (χ2v) is 13.1. The molecule has 4 N–H and O–H groups in total. The van der Waals surface area contributed by atoms with Crippen LogP contribution in [0, 0.1) is 11.8 Å². The lowest BCUT2D eigenvalue weighted by molar-refractivity contribution is 0.0404. The monoisotopic (exact) mass is 653 g/mol. The van der Waals surface area contributed by atoms with E-state index in [1.165, 1.54) is 0 Å². The lowest BCUT2D eigenvalue weighted by Crippen LogP contribution is -2.49. The molecule has 258 valence electrons. The lowest BCUT2D eigenvalue weighted by Gasteiger charge is -2.31. The maximum absolute atomic E-state index is 12.9. The molecule has 3 rings (SSSR count). The van der Waals surface area contributed by atoms with Gasteiger partial charge in [-0.2, -0.15) is 0 Å².